The quantitative estimate of drug-likeness (QED) is 0.744. The van der Waals surface area contributed by atoms with Gasteiger partial charge in [0, 0.05) is 24.5 Å². The summed E-state index contributed by atoms with van der Waals surface area (Å²) in [5, 5.41) is 3.34. The highest BCUT2D eigenvalue weighted by Crippen LogP contribution is 2.17. The lowest BCUT2D eigenvalue weighted by molar-refractivity contribution is 0.149. The molecule has 0 aliphatic carbocycles. The third kappa shape index (κ3) is 3.44. The summed E-state index contributed by atoms with van der Waals surface area (Å²) in [4.78, 5) is 2.45. The van der Waals surface area contributed by atoms with Crippen LogP contribution in [0.3, 0.4) is 0 Å². The van der Waals surface area contributed by atoms with Gasteiger partial charge in [0.15, 0.2) is 0 Å². The number of nitrogens with zero attached hydrogens (tertiary/aromatic N) is 1. The molecule has 0 amide bonds. The molecule has 0 aromatic heterocycles. The molecule has 15 heavy (non-hydrogen) atoms. The van der Waals surface area contributed by atoms with Crippen molar-refractivity contribution in [1.82, 2.24) is 10.2 Å². The second-order valence-electron chi connectivity index (χ2n) is 5.12. The molecule has 3 heteroatoms. The lowest BCUT2D eigenvalue weighted by Gasteiger charge is -2.31. The zero-order chi connectivity index (χ0) is 11.4. The van der Waals surface area contributed by atoms with E-state index in [-0.39, 0.29) is 0 Å². The molecule has 0 spiro atoms. The maximum Gasteiger partial charge on any atom is 0.0623 e. The zero-order valence-electron chi connectivity index (χ0n) is 10.8. The molecule has 90 valence electrons. The Labute approximate surface area is 94.2 Å². The Balaban J connectivity index is 2.39. The van der Waals surface area contributed by atoms with Crippen LogP contribution in [0.1, 0.15) is 20.8 Å². The number of nitrogens with one attached hydrogen (secondary N) is 1. The summed E-state index contributed by atoms with van der Waals surface area (Å²) in [6.45, 7) is 9.76. The van der Waals surface area contributed by atoms with Crippen molar-refractivity contribution in [1.29, 1.82) is 0 Å². The van der Waals surface area contributed by atoms with E-state index in [1.807, 2.05) is 7.05 Å². The molecule has 3 nitrogen and oxygen atoms in total. The first kappa shape index (κ1) is 12.9. The maximum absolute atomic E-state index is 5.51. The van der Waals surface area contributed by atoms with Crippen LogP contribution in [0.4, 0.5) is 0 Å². The van der Waals surface area contributed by atoms with Crippen molar-refractivity contribution in [2.24, 2.45) is 11.8 Å². The molecule has 0 aromatic rings. The van der Waals surface area contributed by atoms with E-state index in [1.165, 1.54) is 0 Å². The summed E-state index contributed by atoms with van der Waals surface area (Å²) >= 11 is 0. The van der Waals surface area contributed by atoms with Gasteiger partial charge in [-0.15, -0.1) is 0 Å². The molecule has 3 unspecified atom stereocenters. The number of rotatable bonds is 5. The highest BCUT2D eigenvalue weighted by atomic mass is 16.5. The van der Waals surface area contributed by atoms with Crippen molar-refractivity contribution in [3.05, 3.63) is 0 Å². The summed E-state index contributed by atoms with van der Waals surface area (Å²) in [5.74, 6) is 1.35. The standard InChI is InChI=1S/C12H26N2O/c1-9(2)10(3)14(5)6-11-7-15-8-12(11)13-4/h9-13H,6-8H2,1-5H3. The average molecular weight is 214 g/mol. The van der Waals surface area contributed by atoms with Crippen LogP contribution >= 0.6 is 0 Å². The Kier molecular flexibility index (Phi) is 5.03. The first-order chi connectivity index (χ1) is 7.06. The van der Waals surface area contributed by atoms with Gasteiger partial charge in [-0.25, -0.2) is 0 Å². The minimum Gasteiger partial charge on any atom is -0.379 e. The van der Waals surface area contributed by atoms with Crippen molar-refractivity contribution in [2.45, 2.75) is 32.9 Å². The SMILES string of the molecule is CNC1COCC1CN(C)C(C)C(C)C. The van der Waals surface area contributed by atoms with Gasteiger partial charge in [-0.2, -0.15) is 0 Å². The predicted molar refractivity (Wildman–Crippen MR) is 64.1 cm³/mol. The van der Waals surface area contributed by atoms with Crippen molar-refractivity contribution >= 4 is 0 Å². The summed E-state index contributed by atoms with van der Waals surface area (Å²) < 4.78 is 5.51. The van der Waals surface area contributed by atoms with E-state index >= 15 is 0 Å². The van der Waals surface area contributed by atoms with E-state index in [2.05, 4.69) is 38.0 Å². The molecule has 0 radical (unpaired) electrons. The maximum atomic E-state index is 5.51. The van der Waals surface area contributed by atoms with Gasteiger partial charge in [0.05, 0.1) is 13.2 Å². The minimum atomic E-state index is 0.534. The fourth-order valence-corrected chi connectivity index (χ4v) is 2.14. The van der Waals surface area contributed by atoms with E-state index in [0.717, 1.165) is 19.8 Å². The lowest BCUT2D eigenvalue weighted by Crippen LogP contribution is -2.43. The Morgan fingerprint density at radius 2 is 2.00 bits per heavy atom. The predicted octanol–water partition coefficient (Wildman–Crippen LogP) is 1.20. The van der Waals surface area contributed by atoms with Crippen LogP contribution in [0.25, 0.3) is 0 Å². The number of hydrogen-bond acceptors (Lipinski definition) is 3. The third-order valence-electron chi connectivity index (χ3n) is 3.75. The van der Waals surface area contributed by atoms with Crippen LogP contribution in [0.2, 0.25) is 0 Å². The van der Waals surface area contributed by atoms with Crippen molar-refractivity contribution < 1.29 is 4.74 Å². The molecule has 0 bridgehead atoms. The van der Waals surface area contributed by atoms with Crippen LogP contribution < -0.4 is 5.32 Å². The average Bonchev–Trinajstić information content (AvgIpc) is 2.63. The van der Waals surface area contributed by atoms with E-state index in [9.17, 15) is 0 Å². The molecule has 0 aromatic carbocycles. The van der Waals surface area contributed by atoms with Crippen molar-refractivity contribution in [3.8, 4) is 0 Å². The van der Waals surface area contributed by atoms with E-state index < -0.39 is 0 Å². The minimum absolute atomic E-state index is 0.534. The fourth-order valence-electron chi connectivity index (χ4n) is 2.14. The summed E-state index contributed by atoms with van der Waals surface area (Å²) in [5.41, 5.74) is 0. The number of hydrogen-bond donors (Lipinski definition) is 1. The lowest BCUT2D eigenvalue weighted by atomic mass is 10.00. The molecule has 1 aliphatic rings. The Morgan fingerprint density at radius 1 is 1.33 bits per heavy atom. The molecule has 1 saturated heterocycles. The van der Waals surface area contributed by atoms with Crippen molar-refractivity contribution in [2.75, 3.05) is 33.9 Å². The van der Waals surface area contributed by atoms with Crippen LogP contribution in [0.5, 0.6) is 0 Å². The molecule has 1 fully saturated rings. The first-order valence-electron chi connectivity index (χ1n) is 6.01. The number of ether oxygens (including phenoxy) is 1. The van der Waals surface area contributed by atoms with Gasteiger partial charge in [-0.05, 0) is 26.9 Å². The van der Waals surface area contributed by atoms with Gasteiger partial charge >= 0.3 is 0 Å². The van der Waals surface area contributed by atoms with E-state index in [4.69, 9.17) is 4.74 Å². The fraction of sp³-hybridized carbons (Fsp3) is 1.00. The monoisotopic (exact) mass is 214 g/mol. The van der Waals surface area contributed by atoms with E-state index in [0.29, 0.717) is 23.9 Å². The normalized spacial score (nSPS) is 29.0. The molecule has 0 saturated carbocycles. The van der Waals surface area contributed by atoms with Crippen LogP contribution in [-0.2, 0) is 4.74 Å². The Hall–Kier alpha value is -0.120. The van der Waals surface area contributed by atoms with Crippen LogP contribution in [-0.4, -0.2) is 50.8 Å². The zero-order valence-corrected chi connectivity index (χ0v) is 10.8. The molecular formula is C12H26N2O. The molecular weight excluding hydrogens is 188 g/mol. The Morgan fingerprint density at radius 3 is 2.53 bits per heavy atom. The van der Waals surface area contributed by atoms with Gasteiger partial charge in [-0.3, -0.25) is 0 Å². The number of likely N-dealkylation sites (N-methyl/N-ethyl adjacent to an activating group) is 1. The molecule has 1 heterocycles. The Bertz CT molecular complexity index is 184. The second-order valence-corrected chi connectivity index (χ2v) is 5.12. The second kappa shape index (κ2) is 5.83. The first-order valence-corrected chi connectivity index (χ1v) is 6.01. The molecule has 1 rings (SSSR count). The topological polar surface area (TPSA) is 24.5 Å². The molecule has 1 aliphatic heterocycles. The van der Waals surface area contributed by atoms with Gasteiger partial charge in [0.1, 0.15) is 0 Å². The highest BCUT2D eigenvalue weighted by molar-refractivity contribution is 4.83. The third-order valence-corrected chi connectivity index (χ3v) is 3.75. The summed E-state index contributed by atoms with van der Waals surface area (Å²) in [6, 6.07) is 1.18. The van der Waals surface area contributed by atoms with Gasteiger partial charge in [0.2, 0.25) is 0 Å². The van der Waals surface area contributed by atoms with Crippen LogP contribution in [0.15, 0.2) is 0 Å². The summed E-state index contributed by atoms with van der Waals surface area (Å²) in [6.07, 6.45) is 0. The smallest absolute Gasteiger partial charge is 0.0623 e. The molecule has 3 atom stereocenters. The van der Waals surface area contributed by atoms with Gasteiger partial charge in [-0.1, -0.05) is 13.8 Å². The van der Waals surface area contributed by atoms with Crippen LogP contribution in [0, 0.1) is 11.8 Å². The molecule has 1 N–H and O–H groups in total. The van der Waals surface area contributed by atoms with Gasteiger partial charge < -0.3 is 15.0 Å². The summed E-state index contributed by atoms with van der Waals surface area (Å²) in [7, 11) is 4.24. The van der Waals surface area contributed by atoms with Crippen molar-refractivity contribution in [3.63, 3.8) is 0 Å². The largest absolute Gasteiger partial charge is 0.379 e. The highest BCUT2D eigenvalue weighted by Gasteiger charge is 2.29. The van der Waals surface area contributed by atoms with Gasteiger partial charge in [0.25, 0.3) is 0 Å². The van der Waals surface area contributed by atoms with E-state index in [1.54, 1.807) is 0 Å².